The number of carbonyl (C=O) groups is 1. The summed E-state index contributed by atoms with van der Waals surface area (Å²) in [6, 6.07) is 0.995. The van der Waals surface area contributed by atoms with Crippen molar-refractivity contribution in [1.82, 2.24) is 4.90 Å². The highest BCUT2D eigenvalue weighted by molar-refractivity contribution is 8.01. The Labute approximate surface area is 168 Å². The lowest BCUT2D eigenvalue weighted by Crippen LogP contribution is -2.48. The molecule has 2 bridgehead atoms. The molecule has 0 N–H and O–H groups in total. The summed E-state index contributed by atoms with van der Waals surface area (Å²) in [6.07, 6.45) is 12.6. The summed E-state index contributed by atoms with van der Waals surface area (Å²) in [6.45, 7) is 10.3. The predicted octanol–water partition coefficient (Wildman–Crippen LogP) is 4.87. The summed E-state index contributed by atoms with van der Waals surface area (Å²) in [5, 5.41) is 0.583. The Morgan fingerprint density at radius 3 is 2.96 bits per heavy atom. The van der Waals surface area contributed by atoms with Crippen molar-refractivity contribution in [3.8, 4) is 0 Å². The van der Waals surface area contributed by atoms with Crippen LogP contribution in [0.4, 0.5) is 0 Å². The molecule has 0 aromatic rings. The van der Waals surface area contributed by atoms with Crippen LogP contribution in [0.5, 0.6) is 0 Å². The second-order valence-corrected chi connectivity index (χ2v) is 11.5. The number of fused-ring (bicyclic) bond motifs is 3. The second-order valence-electron chi connectivity index (χ2n) is 9.84. The van der Waals surface area contributed by atoms with Gasteiger partial charge in [-0.25, -0.2) is 4.79 Å². The molecule has 0 amide bonds. The van der Waals surface area contributed by atoms with Gasteiger partial charge in [-0.15, -0.1) is 11.8 Å². The first-order valence-electron chi connectivity index (χ1n) is 11.0. The Morgan fingerprint density at radius 1 is 1.33 bits per heavy atom. The minimum atomic E-state index is -0.276. The molecule has 0 radical (unpaired) electrons. The van der Waals surface area contributed by atoms with Crippen molar-refractivity contribution in [2.75, 3.05) is 6.54 Å². The van der Waals surface area contributed by atoms with Crippen molar-refractivity contribution < 1.29 is 9.53 Å². The molecule has 3 heterocycles. The second kappa shape index (κ2) is 6.38. The Morgan fingerprint density at radius 2 is 2.19 bits per heavy atom. The van der Waals surface area contributed by atoms with E-state index >= 15 is 0 Å². The molecular formula is C23H33NO2S. The van der Waals surface area contributed by atoms with Crippen LogP contribution < -0.4 is 0 Å². The van der Waals surface area contributed by atoms with Crippen molar-refractivity contribution in [3.63, 3.8) is 0 Å². The van der Waals surface area contributed by atoms with Gasteiger partial charge in [0.2, 0.25) is 0 Å². The molecule has 3 unspecified atom stereocenters. The number of carbonyl (C=O) groups excluding carboxylic acids is 1. The van der Waals surface area contributed by atoms with Gasteiger partial charge in [0.25, 0.3) is 0 Å². The quantitative estimate of drug-likeness (QED) is 0.511. The van der Waals surface area contributed by atoms with Gasteiger partial charge in [0.15, 0.2) is 5.60 Å². The Hall–Kier alpha value is -0.740. The maximum absolute atomic E-state index is 12.2. The minimum Gasteiger partial charge on any atom is -0.450 e. The molecule has 2 saturated heterocycles. The lowest BCUT2D eigenvalue weighted by atomic mass is 9.77. The molecular weight excluding hydrogens is 354 g/mol. The Kier molecular flexibility index (Phi) is 4.33. The lowest BCUT2D eigenvalue weighted by molar-refractivity contribution is -0.148. The maximum Gasteiger partial charge on any atom is 0.331 e. The van der Waals surface area contributed by atoms with Crippen LogP contribution in [0.15, 0.2) is 23.8 Å². The third kappa shape index (κ3) is 2.77. The van der Waals surface area contributed by atoms with E-state index in [-0.39, 0.29) is 11.6 Å². The van der Waals surface area contributed by atoms with Crippen molar-refractivity contribution in [2.45, 2.75) is 99.3 Å². The number of piperidine rings is 1. The van der Waals surface area contributed by atoms with Gasteiger partial charge in [0.1, 0.15) is 0 Å². The van der Waals surface area contributed by atoms with E-state index in [0.29, 0.717) is 22.1 Å². The van der Waals surface area contributed by atoms with Crippen LogP contribution in [0.3, 0.4) is 0 Å². The molecule has 3 aliphatic heterocycles. The Bertz CT molecular complexity index is 702. The van der Waals surface area contributed by atoms with Crippen molar-refractivity contribution in [1.29, 1.82) is 0 Å². The highest BCUT2D eigenvalue weighted by Gasteiger charge is 2.64. The average molecular weight is 388 g/mol. The summed E-state index contributed by atoms with van der Waals surface area (Å²) in [5.41, 5.74) is 2.47. The van der Waals surface area contributed by atoms with E-state index in [0.717, 1.165) is 18.8 Å². The van der Waals surface area contributed by atoms with E-state index in [1.165, 1.54) is 62.6 Å². The molecule has 27 heavy (non-hydrogen) atoms. The highest BCUT2D eigenvalue weighted by atomic mass is 32.2. The van der Waals surface area contributed by atoms with Crippen LogP contribution >= 0.6 is 11.8 Å². The first-order valence-corrected chi connectivity index (χ1v) is 11.9. The summed E-state index contributed by atoms with van der Waals surface area (Å²) in [7, 11) is 0. The zero-order valence-electron chi connectivity index (χ0n) is 16.8. The average Bonchev–Trinajstić information content (AvgIpc) is 3.10. The fraction of sp³-hybridized carbons (Fsp3) is 0.783. The number of hydrogen-bond acceptors (Lipinski definition) is 4. The van der Waals surface area contributed by atoms with Crippen LogP contribution in [0.2, 0.25) is 0 Å². The summed E-state index contributed by atoms with van der Waals surface area (Å²) < 4.78 is 6.37. The van der Waals surface area contributed by atoms with Crippen LogP contribution in [0.1, 0.15) is 71.6 Å². The molecule has 6 atom stereocenters. The predicted molar refractivity (Wildman–Crippen MR) is 111 cm³/mol. The van der Waals surface area contributed by atoms with Crippen molar-refractivity contribution in [3.05, 3.63) is 23.8 Å². The fourth-order valence-corrected chi connectivity index (χ4v) is 9.17. The van der Waals surface area contributed by atoms with Gasteiger partial charge in [0, 0.05) is 28.5 Å². The zero-order chi connectivity index (χ0) is 18.8. The van der Waals surface area contributed by atoms with Crippen LogP contribution in [0, 0.1) is 5.92 Å². The molecule has 4 heteroatoms. The van der Waals surface area contributed by atoms with Crippen molar-refractivity contribution >= 4 is 17.7 Å². The van der Waals surface area contributed by atoms with Gasteiger partial charge in [-0.1, -0.05) is 32.4 Å². The number of thioether (sulfide) groups is 1. The van der Waals surface area contributed by atoms with E-state index < -0.39 is 0 Å². The van der Waals surface area contributed by atoms with E-state index in [2.05, 4.69) is 37.1 Å². The standard InChI is InChI=1S/C23H33NO2S/c1-4-22(12-15(2)9-16(3)13-22)27-19-10-17-11-21(25)26-23(17)14-18(19)24-8-6-5-7-20(23)24/h11,16,18-20H,2,4-10,12-14H2,1,3H3/t16?,18-,19?,20+,22?,23-/m0/s1. The SMILES string of the molecule is C=C1CC(C)CC(CC)(SC2CC3=CC(=O)O[C@@]34C[C@@H]2N2CCCC[C@@H]24)C1. The Balaban J connectivity index is 1.46. The first-order chi connectivity index (χ1) is 12.9. The maximum atomic E-state index is 12.2. The van der Waals surface area contributed by atoms with Crippen LogP contribution in [-0.2, 0) is 9.53 Å². The molecule has 1 spiro atoms. The summed E-state index contributed by atoms with van der Waals surface area (Å²) in [5.74, 6) is 0.648. The monoisotopic (exact) mass is 387 g/mol. The highest BCUT2D eigenvalue weighted by Crippen LogP contribution is 2.59. The van der Waals surface area contributed by atoms with Gasteiger partial charge < -0.3 is 4.74 Å². The largest absolute Gasteiger partial charge is 0.450 e. The minimum absolute atomic E-state index is 0.0910. The van der Waals surface area contributed by atoms with Gasteiger partial charge in [-0.2, -0.15) is 0 Å². The van der Waals surface area contributed by atoms with Gasteiger partial charge >= 0.3 is 5.97 Å². The topological polar surface area (TPSA) is 29.5 Å². The number of hydrogen-bond donors (Lipinski definition) is 0. The van der Waals surface area contributed by atoms with E-state index in [4.69, 9.17) is 4.74 Å². The molecule has 5 aliphatic rings. The van der Waals surface area contributed by atoms with Crippen molar-refractivity contribution in [2.24, 2.45) is 5.92 Å². The number of nitrogens with zero attached hydrogens (tertiary/aromatic N) is 1. The summed E-state index contributed by atoms with van der Waals surface area (Å²) >= 11 is 2.25. The molecule has 0 aromatic carbocycles. The molecule has 2 saturated carbocycles. The van der Waals surface area contributed by atoms with Gasteiger partial charge in [-0.05, 0) is 63.0 Å². The third-order valence-electron chi connectivity index (χ3n) is 7.96. The first kappa shape index (κ1) is 18.3. The number of ether oxygens (including phenoxy) is 1. The molecule has 5 rings (SSSR count). The number of esters is 1. The number of rotatable bonds is 3. The fourth-order valence-electron chi connectivity index (χ4n) is 7.02. The van der Waals surface area contributed by atoms with E-state index in [1.807, 2.05) is 6.08 Å². The molecule has 2 aliphatic carbocycles. The van der Waals surface area contributed by atoms with E-state index in [9.17, 15) is 4.79 Å². The molecule has 148 valence electrons. The molecule has 4 fully saturated rings. The van der Waals surface area contributed by atoms with Crippen LogP contribution in [0.25, 0.3) is 0 Å². The summed E-state index contributed by atoms with van der Waals surface area (Å²) in [4.78, 5) is 15.0. The smallest absolute Gasteiger partial charge is 0.331 e. The molecule has 0 aromatic heterocycles. The normalized spacial score (nSPS) is 46.7. The molecule has 3 nitrogen and oxygen atoms in total. The van der Waals surface area contributed by atoms with Gasteiger partial charge in [0.05, 0.1) is 6.04 Å². The van der Waals surface area contributed by atoms with Crippen LogP contribution in [-0.4, -0.2) is 45.1 Å². The van der Waals surface area contributed by atoms with Gasteiger partial charge in [-0.3, -0.25) is 4.90 Å². The lowest BCUT2D eigenvalue weighted by Gasteiger charge is -2.45. The zero-order valence-corrected chi connectivity index (χ0v) is 17.7. The third-order valence-corrected chi connectivity index (χ3v) is 9.85. The number of allylic oxidation sites excluding steroid dienone is 1. The van der Waals surface area contributed by atoms with E-state index in [1.54, 1.807) is 0 Å².